The van der Waals surface area contributed by atoms with Gasteiger partial charge in [0.2, 0.25) is 20.0 Å². The second-order valence-electron chi connectivity index (χ2n) is 8.96. The number of nitrogens with one attached hydrogen (secondary N) is 2. The lowest BCUT2D eigenvalue weighted by atomic mass is 10.2. The largest absolute Gasteiger partial charge is 0.484 e. The standard InChI is InChI=1S/C27H31N3O7S2/c1-21-17-25(38(32,33)29-19-22-5-3-2-4-6-22)11-12-26(21)37-20-27(31)28-18-23-7-9-24(10-8-23)39(34,35)30-13-15-36-16-14-30/h2-12,17,29H,13-16,18-20H2,1H3,(H,28,31). The fourth-order valence-electron chi connectivity index (χ4n) is 3.92. The molecule has 0 radical (unpaired) electrons. The first kappa shape index (κ1) is 28.7. The summed E-state index contributed by atoms with van der Waals surface area (Å²) in [7, 11) is -7.30. The first-order chi connectivity index (χ1) is 18.6. The summed E-state index contributed by atoms with van der Waals surface area (Å²) in [5.41, 5.74) is 2.15. The van der Waals surface area contributed by atoms with Crippen LogP contribution in [0.1, 0.15) is 16.7 Å². The third kappa shape index (κ3) is 7.64. The van der Waals surface area contributed by atoms with E-state index in [1.807, 2.05) is 30.3 Å². The van der Waals surface area contributed by atoms with Crippen LogP contribution in [-0.2, 0) is 42.7 Å². The van der Waals surface area contributed by atoms with Gasteiger partial charge in [-0.25, -0.2) is 21.6 Å². The molecule has 0 aromatic heterocycles. The molecular weight excluding hydrogens is 542 g/mol. The normalized spacial score (nSPS) is 14.6. The highest BCUT2D eigenvalue weighted by atomic mass is 32.2. The lowest BCUT2D eigenvalue weighted by molar-refractivity contribution is -0.123. The molecule has 1 fully saturated rings. The number of sulfonamides is 2. The lowest BCUT2D eigenvalue weighted by Gasteiger charge is -2.26. The van der Waals surface area contributed by atoms with Crippen LogP contribution in [-0.4, -0.2) is 60.0 Å². The van der Waals surface area contributed by atoms with E-state index in [1.165, 1.54) is 34.6 Å². The van der Waals surface area contributed by atoms with Gasteiger partial charge in [0.05, 0.1) is 23.0 Å². The minimum absolute atomic E-state index is 0.104. The van der Waals surface area contributed by atoms with Crippen LogP contribution in [0.3, 0.4) is 0 Å². The third-order valence-electron chi connectivity index (χ3n) is 6.15. The molecular formula is C27H31N3O7S2. The molecule has 1 heterocycles. The van der Waals surface area contributed by atoms with Crippen LogP contribution in [0.5, 0.6) is 5.75 Å². The van der Waals surface area contributed by atoms with Gasteiger partial charge in [-0.05, 0) is 53.9 Å². The van der Waals surface area contributed by atoms with E-state index in [9.17, 15) is 21.6 Å². The quantitative estimate of drug-likeness (QED) is 0.360. The number of morpholine rings is 1. The van der Waals surface area contributed by atoms with Crippen molar-refractivity contribution in [1.29, 1.82) is 0 Å². The van der Waals surface area contributed by atoms with Crippen LogP contribution < -0.4 is 14.8 Å². The highest BCUT2D eigenvalue weighted by Gasteiger charge is 2.26. The molecule has 208 valence electrons. The van der Waals surface area contributed by atoms with Crippen molar-refractivity contribution >= 4 is 26.0 Å². The molecule has 1 aliphatic rings. The van der Waals surface area contributed by atoms with Crippen molar-refractivity contribution in [2.24, 2.45) is 0 Å². The van der Waals surface area contributed by atoms with Crippen LogP contribution in [0.2, 0.25) is 0 Å². The molecule has 3 aromatic rings. The van der Waals surface area contributed by atoms with E-state index in [2.05, 4.69) is 10.0 Å². The number of rotatable bonds is 11. The minimum Gasteiger partial charge on any atom is -0.484 e. The molecule has 2 N–H and O–H groups in total. The Morgan fingerprint density at radius 1 is 0.872 bits per heavy atom. The number of benzene rings is 3. The second kappa shape index (κ2) is 12.7. The van der Waals surface area contributed by atoms with E-state index < -0.39 is 20.0 Å². The number of nitrogens with zero attached hydrogens (tertiary/aromatic N) is 1. The lowest BCUT2D eigenvalue weighted by Crippen LogP contribution is -2.40. The zero-order valence-electron chi connectivity index (χ0n) is 21.5. The summed E-state index contributed by atoms with van der Waals surface area (Å²) in [6.07, 6.45) is 0. The van der Waals surface area contributed by atoms with Gasteiger partial charge in [-0.3, -0.25) is 4.79 Å². The Bertz CT molecular complexity index is 1490. The van der Waals surface area contributed by atoms with E-state index in [0.717, 1.165) is 11.1 Å². The topological polar surface area (TPSA) is 131 Å². The Balaban J connectivity index is 1.26. The highest BCUT2D eigenvalue weighted by molar-refractivity contribution is 7.89. The number of aryl methyl sites for hydroxylation is 1. The average Bonchev–Trinajstić information content (AvgIpc) is 2.95. The Labute approximate surface area is 229 Å². The molecule has 0 unspecified atom stereocenters. The van der Waals surface area contributed by atoms with E-state index in [0.29, 0.717) is 37.6 Å². The molecule has 1 saturated heterocycles. The summed E-state index contributed by atoms with van der Waals surface area (Å²) in [6, 6.07) is 20.0. The average molecular weight is 574 g/mol. The monoisotopic (exact) mass is 573 g/mol. The van der Waals surface area contributed by atoms with E-state index in [-0.39, 0.29) is 35.4 Å². The molecule has 39 heavy (non-hydrogen) atoms. The van der Waals surface area contributed by atoms with Crippen molar-refractivity contribution in [3.63, 3.8) is 0 Å². The first-order valence-corrected chi connectivity index (χ1v) is 15.3. The van der Waals surface area contributed by atoms with Crippen molar-refractivity contribution in [1.82, 2.24) is 14.3 Å². The molecule has 1 amide bonds. The van der Waals surface area contributed by atoms with Gasteiger partial charge in [-0.1, -0.05) is 42.5 Å². The molecule has 0 bridgehead atoms. The van der Waals surface area contributed by atoms with Crippen LogP contribution in [0.4, 0.5) is 0 Å². The zero-order chi connectivity index (χ0) is 27.9. The number of hydrogen-bond acceptors (Lipinski definition) is 7. The number of carbonyl (C=O) groups excluding carboxylic acids is 1. The summed E-state index contributed by atoms with van der Waals surface area (Å²) < 4.78 is 65.5. The smallest absolute Gasteiger partial charge is 0.258 e. The zero-order valence-corrected chi connectivity index (χ0v) is 23.1. The summed E-state index contributed by atoms with van der Waals surface area (Å²) in [6.45, 7) is 3.21. The van der Waals surface area contributed by atoms with Gasteiger partial charge < -0.3 is 14.8 Å². The van der Waals surface area contributed by atoms with Gasteiger partial charge in [-0.15, -0.1) is 0 Å². The number of hydrogen-bond donors (Lipinski definition) is 2. The molecule has 4 rings (SSSR count). The molecule has 12 heteroatoms. The summed E-state index contributed by atoms with van der Waals surface area (Å²) in [5.74, 6) is 0.0190. The van der Waals surface area contributed by atoms with Gasteiger partial charge in [0.1, 0.15) is 5.75 Å². The van der Waals surface area contributed by atoms with Crippen molar-refractivity contribution in [2.75, 3.05) is 32.9 Å². The maximum absolute atomic E-state index is 12.7. The van der Waals surface area contributed by atoms with Crippen LogP contribution >= 0.6 is 0 Å². The van der Waals surface area contributed by atoms with Gasteiger partial charge in [0, 0.05) is 26.2 Å². The molecule has 1 aliphatic heterocycles. The van der Waals surface area contributed by atoms with Gasteiger partial charge >= 0.3 is 0 Å². The second-order valence-corrected chi connectivity index (χ2v) is 12.7. The fraction of sp³-hybridized carbons (Fsp3) is 0.296. The van der Waals surface area contributed by atoms with Crippen LogP contribution in [0.15, 0.2) is 82.6 Å². The fourth-order valence-corrected chi connectivity index (χ4v) is 6.43. The first-order valence-electron chi connectivity index (χ1n) is 12.4. The summed E-state index contributed by atoms with van der Waals surface area (Å²) in [5, 5.41) is 2.73. The van der Waals surface area contributed by atoms with Crippen LogP contribution in [0.25, 0.3) is 0 Å². The minimum atomic E-state index is -3.72. The molecule has 10 nitrogen and oxygen atoms in total. The van der Waals surface area contributed by atoms with Gasteiger partial charge in [0.25, 0.3) is 5.91 Å². The third-order valence-corrected chi connectivity index (χ3v) is 9.46. The number of carbonyl (C=O) groups is 1. The Hall–Kier alpha value is -3.29. The molecule has 0 aliphatic carbocycles. The number of amides is 1. The highest BCUT2D eigenvalue weighted by Crippen LogP contribution is 2.22. The van der Waals surface area contributed by atoms with Crippen LogP contribution in [0, 0.1) is 6.92 Å². The van der Waals surface area contributed by atoms with Gasteiger partial charge in [0.15, 0.2) is 6.61 Å². The van der Waals surface area contributed by atoms with E-state index in [1.54, 1.807) is 19.1 Å². The van der Waals surface area contributed by atoms with Crippen molar-refractivity contribution < 1.29 is 31.1 Å². The molecule has 0 atom stereocenters. The van der Waals surface area contributed by atoms with Crippen molar-refractivity contribution in [3.05, 3.63) is 89.5 Å². The van der Waals surface area contributed by atoms with Crippen molar-refractivity contribution in [3.8, 4) is 5.75 Å². The van der Waals surface area contributed by atoms with E-state index in [4.69, 9.17) is 9.47 Å². The van der Waals surface area contributed by atoms with Gasteiger partial charge in [-0.2, -0.15) is 4.31 Å². The molecule has 0 spiro atoms. The molecule has 3 aromatic carbocycles. The summed E-state index contributed by atoms with van der Waals surface area (Å²) >= 11 is 0. The van der Waals surface area contributed by atoms with Crippen molar-refractivity contribution in [2.45, 2.75) is 29.8 Å². The Kier molecular flexibility index (Phi) is 9.36. The Morgan fingerprint density at radius 2 is 1.51 bits per heavy atom. The number of ether oxygens (including phenoxy) is 2. The summed E-state index contributed by atoms with van der Waals surface area (Å²) in [4.78, 5) is 12.6. The van der Waals surface area contributed by atoms with E-state index >= 15 is 0 Å². The Morgan fingerprint density at radius 3 is 2.18 bits per heavy atom. The maximum Gasteiger partial charge on any atom is 0.258 e. The maximum atomic E-state index is 12.7. The molecule has 0 saturated carbocycles. The SMILES string of the molecule is Cc1cc(S(=O)(=O)NCc2ccccc2)ccc1OCC(=O)NCc1ccc(S(=O)(=O)N2CCOCC2)cc1. The predicted octanol–water partition coefficient (Wildman–Crippen LogP) is 2.19. The predicted molar refractivity (Wildman–Crippen MR) is 145 cm³/mol.